The molecule has 0 aliphatic rings. The summed E-state index contributed by atoms with van der Waals surface area (Å²) in [6, 6.07) is 5.12. The first-order valence-corrected chi connectivity index (χ1v) is 6.94. The summed E-state index contributed by atoms with van der Waals surface area (Å²) in [5.41, 5.74) is 1.68. The number of aryl methyl sites for hydroxylation is 1. The number of halogens is 1. The van der Waals surface area contributed by atoms with Crippen LogP contribution in [0.4, 0.5) is 4.39 Å². The first-order valence-electron chi connectivity index (χ1n) is 6.94. The quantitative estimate of drug-likeness (QED) is 0.471. The van der Waals surface area contributed by atoms with E-state index in [1.165, 1.54) is 6.07 Å². The molecule has 106 valence electrons. The molecule has 0 radical (unpaired) electrons. The number of unbranched alkanes of at least 4 members (excludes halogenated alkanes) is 1. The van der Waals surface area contributed by atoms with Gasteiger partial charge in [0.15, 0.2) is 5.96 Å². The van der Waals surface area contributed by atoms with Gasteiger partial charge in [0.2, 0.25) is 0 Å². The third-order valence-electron chi connectivity index (χ3n) is 2.81. The number of hydrogen-bond donors (Lipinski definition) is 2. The molecular weight excluding hydrogens is 241 g/mol. The van der Waals surface area contributed by atoms with Crippen LogP contribution in [-0.2, 0) is 6.54 Å². The van der Waals surface area contributed by atoms with Crippen molar-refractivity contribution in [1.29, 1.82) is 0 Å². The van der Waals surface area contributed by atoms with Gasteiger partial charge in [0.05, 0.1) is 6.54 Å². The summed E-state index contributed by atoms with van der Waals surface area (Å²) in [4.78, 5) is 4.50. The van der Waals surface area contributed by atoms with Crippen molar-refractivity contribution in [1.82, 2.24) is 10.6 Å². The van der Waals surface area contributed by atoms with E-state index in [-0.39, 0.29) is 5.82 Å². The van der Waals surface area contributed by atoms with E-state index in [0.29, 0.717) is 12.1 Å². The Balaban J connectivity index is 2.60. The number of aliphatic imine (C=N–C) groups is 1. The van der Waals surface area contributed by atoms with E-state index in [1.807, 2.05) is 13.0 Å². The van der Waals surface area contributed by atoms with E-state index in [0.717, 1.165) is 37.5 Å². The third-order valence-corrected chi connectivity index (χ3v) is 2.81. The van der Waals surface area contributed by atoms with Crippen molar-refractivity contribution in [2.24, 2.45) is 4.99 Å². The lowest BCUT2D eigenvalue weighted by Crippen LogP contribution is -2.37. The minimum Gasteiger partial charge on any atom is -0.357 e. The van der Waals surface area contributed by atoms with Crippen molar-refractivity contribution < 1.29 is 4.39 Å². The molecule has 0 aromatic heterocycles. The van der Waals surface area contributed by atoms with E-state index in [9.17, 15) is 4.39 Å². The van der Waals surface area contributed by atoms with Crippen molar-refractivity contribution >= 4 is 5.96 Å². The fourth-order valence-corrected chi connectivity index (χ4v) is 1.70. The lowest BCUT2D eigenvalue weighted by atomic mass is 10.1. The molecule has 0 aliphatic carbocycles. The van der Waals surface area contributed by atoms with Crippen molar-refractivity contribution in [3.63, 3.8) is 0 Å². The van der Waals surface area contributed by atoms with E-state index >= 15 is 0 Å². The number of nitrogens with one attached hydrogen (secondary N) is 2. The normalized spacial score (nSPS) is 11.5. The smallest absolute Gasteiger partial charge is 0.191 e. The highest BCUT2D eigenvalue weighted by molar-refractivity contribution is 5.79. The van der Waals surface area contributed by atoms with Crippen molar-refractivity contribution in [2.45, 2.75) is 40.2 Å². The molecule has 4 heteroatoms. The summed E-state index contributed by atoms with van der Waals surface area (Å²) in [5, 5.41) is 6.49. The summed E-state index contributed by atoms with van der Waals surface area (Å²) in [6.45, 7) is 8.28. The van der Waals surface area contributed by atoms with Gasteiger partial charge in [0, 0.05) is 13.1 Å². The molecule has 2 N–H and O–H groups in total. The van der Waals surface area contributed by atoms with E-state index in [1.54, 1.807) is 13.0 Å². The van der Waals surface area contributed by atoms with Crippen molar-refractivity contribution in [3.05, 3.63) is 35.1 Å². The van der Waals surface area contributed by atoms with Gasteiger partial charge in [-0.3, -0.25) is 0 Å². The van der Waals surface area contributed by atoms with Gasteiger partial charge in [0.25, 0.3) is 0 Å². The molecule has 1 rings (SSSR count). The number of guanidine groups is 1. The van der Waals surface area contributed by atoms with Crippen LogP contribution in [-0.4, -0.2) is 19.0 Å². The molecule has 0 amide bonds. The first-order chi connectivity index (χ1) is 9.17. The SMILES string of the molecule is CCCCNC(=NCc1ccc(F)c(C)c1)NCC. The highest BCUT2D eigenvalue weighted by Gasteiger charge is 2.00. The van der Waals surface area contributed by atoms with Gasteiger partial charge in [-0.05, 0) is 37.5 Å². The average molecular weight is 265 g/mol. The number of rotatable bonds is 6. The molecule has 1 aromatic carbocycles. The van der Waals surface area contributed by atoms with Crippen molar-refractivity contribution in [3.8, 4) is 0 Å². The van der Waals surface area contributed by atoms with Crippen LogP contribution in [0.25, 0.3) is 0 Å². The largest absolute Gasteiger partial charge is 0.357 e. The van der Waals surface area contributed by atoms with Gasteiger partial charge in [-0.25, -0.2) is 9.38 Å². The Morgan fingerprint density at radius 2 is 2.05 bits per heavy atom. The molecule has 0 spiro atoms. The first kappa shape index (κ1) is 15.5. The molecule has 0 saturated heterocycles. The number of hydrogen-bond acceptors (Lipinski definition) is 1. The van der Waals surface area contributed by atoms with Gasteiger partial charge in [-0.2, -0.15) is 0 Å². The van der Waals surface area contributed by atoms with Gasteiger partial charge < -0.3 is 10.6 Å². The van der Waals surface area contributed by atoms with Gasteiger partial charge in [-0.1, -0.05) is 25.5 Å². The Morgan fingerprint density at radius 3 is 2.68 bits per heavy atom. The van der Waals surface area contributed by atoms with Gasteiger partial charge in [-0.15, -0.1) is 0 Å². The predicted octanol–water partition coefficient (Wildman–Crippen LogP) is 2.99. The van der Waals surface area contributed by atoms with Crippen LogP contribution in [0.2, 0.25) is 0 Å². The third kappa shape index (κ3) is 5.73. The average Bonchev–Trinajstić information content (AvgIpc) is 2.40. The van der Waals surface area contributed by atoms with Crippen LogP contribution in [0, 0.1) is 12.7 Å². The minimum absolute atomic E-state index is 0.166. The Hall–Kier alpha value is -1.58. The van der Waals surface area contributed by atoms with Crippen LogP contribution >= 0.6 is 0 Å². The van der Waals surface area contributed by atoms with E-state index < -0.39 is 0 Å². The topological polar surface area (TPSA) is 36.4 Å². The second kappa shape index (κ2) is 8.51. The van der Waals surface area contributed by atoms with Crippen LogP contribution in [0.5, 0.6) is 0 Å². The zero-order valence-electron chi connectivity index (χ0n) is 12.1. The molecule has 0 unspecified atom stereocenters. The molecular formula is C15H24FN3. The van der Waals surface area contributed by atoms with Crippen molar-refractivity contribution in [2.75, 3.05) is 13.1 Å². The van der Waals surface area contributed by atoms with Gasteiger partial charge >= 0.3 is 0 Å². The molecule has 1 aromatic rings. The maximum Gasteiger partial charge on any atom is 0.191 e. The van der Waals surface area contributed by atoms with Gasteiger partial charge in [0.1, 0.15) is 5.82 Å². The summed E-state index contributed by atoms with van der Waals surface area (Å²) in [6.07, 6.45) is 2.28. The van der Waals surface area contributed by atoms with Crippen LogP contribution < -0.4 is 10.6 Å². The van der Waals surface area contributed by atoms with E-state index in [4.69, 9.17) is 0 Å². The molecule has 19 heavy (non-hydrogen) atoms. The second-order valence-corrected chi connectivity index (χ2v) is 4.56. The van der Waals surface area contributed by atoms with E-state index in [2.05, 4.69) is 22.5 Å². The zero-order chi connectivity index (χ0) is 14.1. The summed E-state index contributed by atoms with van der Waals surface area (Å²) in [7, 11) is 0. The zero-order valence-corrected chi connectivity index (χ0v) is 12.1. The summed E-state index contributed by atoms with van der Waals surface area (Å²) >= 11 is 0. The van der Waals surface area contributed by atoms with Crippen LogP contribution in [0.3, 0.4) is 0 Å². The highest BCUT2D eigenvalue weighted by Crippen LogP contribution is 2.09. The predicted molar refractivity (Wildman–Crippen MR) is 78.9 cm³/mol. The Labute approximate surface area is 115 Å². The molecule has 3 nitrogen and oxygen atoms in total. The lowest BCUT2D eigenvalue weighted by molar-refractivity contribution is 0.617. The Kier molecular flexibility index (Phi) is 6.93. The number of benzene rings is 1. The molecule has 0 heterocycles. The molecule has 0 atom stereocenters. The maximum atomic E-state index is 13.2. The molecule has 0 fully saturated rings. The minimum atomic E-state index is -0.166. The molecule has 0 aliphatic heterocycles. The fourth-order valence-electron chi connectivity index (χ4n) is 1.70. The Bertz CT molecular complexity index is 416. The standard InChI is InChI=1S/C15H24FN3/c1-4-6-9-18-15(17-5-2)19-11-13-7-8-14(16)12(3)10-13/h7-8,10H,4-6,9,11H2,1-3H3,(H2,17,18,19). The maximum absolute atomic E-state index is 13.2. The summed E-state index contributed by atoms with van der Waals surface area (Å²) in [5.74, 6) is 0.652. The fraction of sp³-hybridized carbons (Fsp3) is 0.533. The summed E-state index contributed by atoms with van der Waals surface area (Å²) < 4.78 is 13.2. The second-order valence-electron chi connectivity index (χ2n) is 4.56. The van der Waals surface area contributed by atoms with Crippen LogP contribution in [0.15, 0.2) is 23.2 Å². The van der Waals surface area contributed by atoms with Crippen LogP contribution in [0.1, 0.15) is 37.8 Å². The Morgan fingerprint density at radius 1 is 1.26 bits per heavy atom. The highest BCUT2D eigenvalue weighted by atomic mass is 19.1. The lowest BCUT2D eigenvalue weighted by Gasteiger charge is -2.10. The molecule has 0 saturated carbocycles. The number of nitrogens with zero attached hydrogens (tertiary/aromatic N) is 1. The molecule has 0 bridgehead atoms. The monoisotopic (exact) mass is 265 g/mol.